The number of aromatic nitrogens is 8. The minimum absolute atomic E-state index is 0.0227. The van der Waals surface area contributed by atoms with Crippen LogP contribution in [0.4, 0.5) is 0 Å². The lowest BCUT2D eigenvalue weighted by Crippen LogP contribution is -2.43. The monoisotopic (exact) mass is 344 g/mol. The van der Waals surface area contributed by atoms with Gasteiger partial charge in [-0.3, -0.25) is 23.7 Å². The Hall–Kier alpha value is -3.70. The van der Waals surface area contributed by atoms with E-state index in [0.717, 1.165) is 20.2 Å². The summed E-state index contributed by atoms with van der Waals surface area (Å²) in [4.78, 5) is 59.5. The van der Waals surface area contributed by atoms with Crippen LogP contribution < -0.4 is 22.5 Å². The standard InChI is InChI=1S/C13H12N8O4/c1-17-4-15-8-7(17)11(23)21(13(25)18(8)2)20-5-14-6-9(22)16-12(24)19(3)10(6)20/h4-5H,1-3H3,(H,16,22,24). The van der Waals surface area contributed by atoms with Crippen molar-refractivity contribution in [1.82, 2.24) is 38.0 Å². The summed E-state index contributed by atoms with van der Waals surface area (Å²) in [7, 11) is 4.49. The van der Waals surface area contributed by atoms with E-state index < -0.39 is 22.5 Å². The maximum Gasteiger partial charge on any atom is 0.352 e. The summed E-state index contributed by atoms with van der Waals surface area (Å²) in [5.41, 5.74) is -2.36. The second-order valence-corrected chi connectivity index (χ2v) is 5.57. The summed E-state index contributed by atoms with van der Waals surface area (Å²) in [6.45, 7) is 0. The first-order valence-electron chi connectivity index (χ1n) is 7.13. The molecular formula is C13H12N8O4. The number of fused-ring (bicyclic) bond motifs is 2. The predicted molar refractivity (Wildman–Crippen MR) is 86.6 cm³/mol. The molecule has 128 valence electrons. The van der Waals surface area contributed by atoms with Gasteiger partial charge in [0.15, 0.2) is 22.3 Å². The van der Waals surface area contributed by atoms with Gasteiger partial charge in [-0.1, -0.05) is 0 Å². The number of hydrogen-bond acceptors (Lipinski definition) is 6. The molecule has 0 unspecified atom stereocenters. The fourth-order valence-corrected chi connectivity index (χ4v) is 2.81. The number of hydrogen-bond donors (Lipinski definition) is 1. The minimum atomic E-state index is -0.705. The Morgan fingerprint density at radius 3 is 2.40 bits per heavy atom. The lowest BCUT2D eigenvalue weighted by molar-refractivity contribution is 0.567. The van der Waals surface area contributed by atoms with Gasteiger partial charge in [0.25, 0.3) is 5.56 Å². The Balaban J connectivity index is 2.29. The highest BCUT2D eigenvalue weighted by Gasteiger charge is 2.20. The highest BCUT2D eigenvalue weighted by molar-refractivity contribution is 5.71. The van der Waals surface area contributed by atoms with Gasteiger partial charge in [-0.05, 0) is 0 Å². The number of nitrogens with one attached hydrogen (secondary N) is 1. The topological polar surface area (TPSA) is 134 Å². The van der Waals surface area contributed by atoms with Crippen molar-refractivity contribution in [1.29, 1.82) is 0 Å². The van der Waals surface area contributed by atoms with Gasteiger partial charge in [0.1, 0.15) is 6.33 Å². The van der Waals surface area contributed by atoms with Gasteiger partial charge in [-0.25, -0.2) is 24.2 Å². The Bertz CT molecular complexity index is 1410. The van der Waals surface area contributed by atoms with Crippen molar-refractivity contribution < 1.29 is 0 Å². The molecule has 0 aliphatic heterocycles. The Kier molecular flexibility index (Phi) is 2.77. The van der Waals surface area contributed by atoms with E-state index in [1.165, 1.54) is 29.6 Å². The third kappa shape index (κ3) is 1.75. The van der Waals surface area contributed by atoms with Crippen LogP contribution in [0.5, 0.6) is 0 Å². The molecule has 0 radical (unpaired) electrons. The quantitative estimate of drug-likeness (QED) is 0.405. The molecule has 0 saturated heterocycles. The highest BCUT2D eigenvalue weighted by Crippen LogP contribution is 2.06. The largest absolute Gasteiger partial charge is 0.352 e. The summed E-state index contributed by atoms with van der Waals surface area (Å²) in [5.74, 6) is 0. The van der Waals surface area contributed by atoms with Crippen LogP contribution in [-0.4, -0.2) is 38.0 Å². The molecule has 0 amide bonds. The van der Waals surface area contributed by atoms with E-state index in [9.17, 15) is 19.2 Å². The average molecular weight is 344 g/mol. The van der Waals surface area contributed by atoms with E-state index in [2.05, 4.69) is 15.0 Å². The number of nitrogens with zero attached hydrogens (tertiary/aromatic N) is 7. The molecule has 0 bridgehead atoms. The summed E-state index contributed by atoms with van der Waals surface area (Å²) in [6, 6.07) is 0. The molecule has 4 heterocycles. The highest BCUT2D eigenvalue weighted by atomic mass is 16.2. The number of rotatable bonds is 1. The molecule has 4 rings (SSSR count). The summed E-state index contributed by atoms with van der Waals surface area (Å²) >= 11 is 0. The van der Waals surface area contributed by atoms with E-state index in [0.29, 0.717) is 0 Å². The van der Waals surface area contributed by atoms with Crippen molar-refractivity contribution >= 4 is 22.3 Å². The van der Waals surface area contributed by atoms with E-state index in [-0.39, 0.29) is 22.3 Å². The van der Waals surface area contributed by atoms with Crippen molar-refractivity contribution in [2.24, 2.45) is 21.1 Å². The second kappa shape index (κ2) is 4.66. The number of aromatic amines is 1. The molecule has 4 aromatic rings. The zero-order valence-corrected chi connectivity index (χ0v) is 13.4. The van der Waals surface area contributed by atoms with E-state index in [4.69, 9.17) is 0 Å². The van der Waals surface area contributed by atoms with Crippen molar-refractivity contribution in [2.75, 3.05) is 0 Å². The molecule has 0 atom stereocenters. The third-order valence-electron chi connectivity index (χ3n) is 4.10. The van der Waals surface area contributed by atoms with Crippen LogP contribution in [0.1, 0.15) is 0 Å². The molecule has 0 aromatic carbocycles. The number of aryl methyl sites for hydroxylation is 3. The van der Waals surface area contributed by atoms with Gasteiger partial charge < -0.3 is 4.57 Å². The molecule has 4 aromatic heterocycles. The van der Waals surface area contributed by atoms with E-state index >= 15 is 0 Å². The number of H-pyrrole nitrogens is 1. The molecule has 0 fully saturated rings. The normalized spacial score (nSPS) is 11.6. The molecule has 1 N–H and O–H groups in total. The number of imidazole rings is 2. The van der Waals surface area contributed by atoms with Crippen molar-refractivity contribution in [3.05, 3.63) is 54.3 Å². The fourth-order valence-electron chi connectivity index (χ4n) is 2.81. The Labute approximate surface area is 136 Å². The molecule has 12 heteroatoms. The van der Waals surface area contributed by atoms with Gasteiger partial charge >= 0.3 is 16.9 Å². The maximum atomic E-state index is 12.9. The fraction of sp³-hybridized carbons (Fsp3) is 0.231. The zero-order chi connectivity index (χ0) is 18.0. The average Bonchev–Trinajstić information content (AvgIpc) is 3.16. The van der Waals surface area contributed by atoms with Crippen LogP contribution in [-0.2, 0) is 21.1 Å². The molecule has 25 heavy (non-hydrogen) atoms. The first-order chi connectivity index (χ1) is 11.8. The van der Waals surface area contributed by atoms with Crippen LogP contribution in [0.15, 0.2) is 31.8 Å². The smallest absolute Gasteiger partial charge is 0.328 e. The van der Waals surface area contributed by atoms with Gasteiger partial charge in [-0.15, -0.1) is 0 Å². The second-order valence-electron chi connectivity index (χ2n) is 5.57. The molecule has 0 spiro atoms. The maximum absolute atomic E-state index is 12.9. The van der Waals surface area contributed by atoms with Crippen molar-refractivity contribution in [2.45, 2.75) is 0 Å². The SMILES string of the molecule is Cn1cnc2c1c(=O)n(-n1cnc3c(=O)[nH]c(=O)n(C)c31)c(=O)n2C. The van der Waals surface area contributed by atoms with Crippen LogP contribution in [0.3, 0.4) is 0 Å². The van der Waals surface area contributed by atoms with Gasteiger partial charge in [0.05, 0.1) is 6.33 Å². The first-order valence-corrected chi connectivity index (χ1v) is 7.13. The third-order valence-corrected chi connectivity index (χ3v) is 4.10. The molecule has 12 nitrogen and oxygen atoms in total. The van der Waals surface area contributed by atoms with Gasteiger partial charge in [0, 0.05) is 21.1 Å². The Morgan fingerprint density at radius 1 is 0.960 bits per heavy atom. The molecular weight excluding hydrogens is 332 g/mol. The van der Waals surface area contributed by atoms with E-state index in [1.807, 2.05) is 0 Å². The molecule has 0 aliphatic rings. The summed E-state index contributed by atoms with van der Waals surface area (Å²) in [6.07, 6.45) is 2.56. The van der Waals surface area contributed by atoms with Crippen LogP contribution in [0.25, 0.3) is 22.3 Å². The van der Waals surface area contributed by atoms with Crippen LogP contribution >= 0.6 is 0 Å². The zero-order valence-electron chi connectivity index (χ0n) is 13.4. The first kappa shape index (κ1) is 14.9. The van der Waals surface area contributed by atoms with E-state index in [1.54, 1.807) is 7.05 Å². The van der Waals surface area contributed by atoms with Gasteiger partial charge in [-0.2, -0.15) is 4.68 Å². The predicted octanol–water partition coefficient (Wildman–Crippen LogP) is -2.52. The lowest BCUT2D eigenvalue weighted by Gasteiger charge is -2.11. The minimum Gasteiger partial charge on any atom is -0.328 e. The summed E-state index contributed by atoms with van der Waals surface area (Å²) < 4.78 is 5.68. The molecule has 0 aliphatic carbocycles. The Morgan fingerprint density at radius 2 is 1.68 bits per heavy atom. The van der Waals surface area contributed by atoms with Crippen LogP contribution in [0.2, 0.25) is 0 Å². The van der Waals surface area contributed by atoms with Gasteiger partial charge in [0.2, 0.25) is 0 Å². The molecule has 0 saturated carbocycles. The van der Waals surface area contributed by atoms with Crippen molar-refractivity contribution in [3.63, 3.8) is 0 Å². The lowest BCUT2D eigenvalue weighted by atomic mass is 10.5. The van der Waals surface area contributed by atoms with Crippen LogP contribution in [0, 0.1) is 0 Å². The van der Waals surface area contributed by atoms with Crippen molar-refractivity contribution in [3.8, 4) is 0 Å². The summed E-state index contributed by atoms with van der Waals surface area (Å²) in [5, 5.41) is 0.